The predicted molar refractivity (Wildman–Crippen MR) is 84.9 cm³/mol. The van der Waals surface area contributed by atoms with E-state index in [1.54, 1.807) is 0 Å². The van der Waals surface area contributed by atoms with Crippen molar-refractivity contribution in [1.82, 2.24) is 5.32 Å². The number of carbonyl (C=O) groups is 1. The lowest BCUT2D eigenvalue weighted by Gasteiger charge is -2.31. The van der Waals surface area contributed by atoms with E-state index in [9.17, 15) is 4.79 Å². The molecular formula is C14H20BrClN2O2. The number of nitrogens with one attached hydrogen (secondary N) is 1. The van der Waals surface area contributed by atoms with Gasteiger partial charge in [-0.15, -0.1) is 12.4 Å². The average Bonchev–Trinajstić information content (AvgIpc) is 2.38. The molecule has 6 heteroatoms. The number of aryl methyl sites for hydroxylation is 1. The van der Waals surface area contributed by atoms with Crippen LogP contribution in [-0.2, 0) is 16.1 Å². The summed E-state index contributed by atoms with van der Waals surface area (Å²) in [6.45, 7) is 3.65. The van der Waals surface area contributed by atoms with Gasteiger partial charge in [0.2, 0.25) is 5.91 Å². The van der Waals surface area contributed by atoms with Gasteiger partial charge in [0.05, 0.1) is 5.54 Å². The number of carbonyl (C=O) groups excluding carboxylic acids is 1. The molecule has 20 heavy (non-hydrogen) atoms. The minimum atomic E-state index is -0.776. The molecule has 0 bridgehead atoms. The van der Waals surface area contributed by atoms with Gasteiger partial charge in [-0.3, -0.25) is 4.79 Å². The molecule has 0 unspecified atom stereocenters. The number of benzene rings is 1. The highest BCUT2D eigenvalue weighted by Gasteiger charge is 2.35. The van der Waals surface area contributed by atoms with Gasteiger partial charge >= 0.3 is 0 Å². The van der Waals surface area contributed by atoms with Crippen LogP contribution in [0.25, 0.3) is 0 Å². The number of nitrogens with two attached hydrogens (primary N) is 1. The van der Waals surface area contributed by atoms with Crippen LogP contribution in [0.4, 0.5) is 0 Å². The zero-order valence-electron chi connectivity index (χ0n) is 11.4. The molecule has 0 aromatic heterocycles. The molecule has 0 saturated carbocycles. The van der Waals surface area contributed by atoms with Crippen LogP contribution in [0.1, 0.15) is 24.0 Å². The summed E-state index contributed by atoms with van der Waals surface area (Å²) in [5, 5.41) is 2.93. The topological polar surface area (TPSA) is 64.4 Å². The zero-order valence-corrected chi connectivity index (χ0v) is 13.9. The average molecular weight is 364 g/mol. The highest BCUT2D eigenvalue weighted by molar-refractivity contribution is 9.10. The summed E-state index contributed by atoms with van der Waals surface area (Å²) in [5.41, 5.74) is 7.60. The Morgan fingerprint density at radius 1 is 1.45 bits per heavy atom. The first-order valence-corrected chi connectivity index (χ1v) is 7.20. The molecule has 3 N–H and O–H groups in total. The maximum Gasteiger partial charge on any atom is 0.240 e. The van der Waals surface area contributed by atoms with Gasteiger partial charge in [0.1, 0.15) is 0 Å². The van der Waals surface area contributed by atoms with E-state index < -0.39 is 5.54 Å². The molecule has 0 aliphatic carbocycles. The minimum absolute atomic E-state index is 0. The van der Waals surface area contributed by atoms with E-state index in [0.29, 0.717) is 32.6 Å². The Bertz CT molecular complexity index is 476. The van der Waals surface area contributed by atoms with E-state index in [0.717, 1.165) is 15.6 Å². The van der Waals surface area contributed by atoms with Gasteiger partial charge in [-0.1, -0.05) is 22.0 Å². The van der Waals surface area contributed by atoms with Crippen molar-refractivity contribution in [2.75, 3.05) is 13.2 Å². The molecule has 1 aliphatic heterocycles. The summed E-state index contributed by atoms with van der Waals surface area (Å²) < 4.78 is 6.29. The van der Waals surface area contributed by atoms with E-state index in [4.69, 9.17) is 10.5 Å². The van der Waals surface area contributed by atoms with Crippen LogP contribution in [0, 0.1) is 6.92 Å². The fourth-order valence-corrected chi connectivity index (χ4v) is 2.65. The van der Waals surface area contributed by atoms with Crippen LogP contribution >= 0.6 is 28.3 Å². The number of hydrogen-bond donors (Lipinski definition) is 2. The number of halogens is 2. The molecule has 4 nitrogen and oxygen atoms in total. The van der Waals surface area contributed by atoms with Crippen LogP contribution in [0.5, 0.6) is 0 Å². The molecular weight excluding hydrogens is 344 g/mol. The highest BCUT2D eigenvalue weighted by atomic mass is 79.9. The van der Waals surface area contributed by atoms with E-state index in [-0.39, 0.29) is 18.3 Å². The lowest BCUT2D eigenvalue weighted by Crippen LogP contribution is -2.56. The third kappa shape index (κ3) is 4.19. The van der Waals surface area contributed by atoms with Crippen molar-refractivity contribution >= 4 is 34.2 Å². The normalized spacial score (nSPS) is 17.1. The van der Waals surface area contributed by atoms with Gasteiger partial charge in [0.15, 0.2) is 0 Å². The maximum absolute atomic E-state index is 12.2. The first kappa shape index (κ1) is 17.4. The third-order valence-electron chi connectivity index (χ3n) is 3.58. The first-order chi connectivity index (χ1) is 9.01. The molecule has 1 fully saturated rings. The molecule has 0 atom stereocenters. The van der Waals surface area contributed by atoms with Crippen molar-refractivity contribution in [2.45, 2.75) is 31.8 Å². The van der Waals surface area contributed by atoms with Crippen LogP contribution in [0.15, 0.2) is 22.7 Å². The second-order valence-corrected chi connectivity index (χ2v) is 5.94. The summed E-state index contributed by atoms with van der Waals surface area (Å²) in [4.78, 5) is 12.2. The number of hydrogen-bond acceptors (Lipinski definition) is 3. The van der Waals surface area contributed by atoms with Gasteiger partial charge in [-0.25, -0.2) is 0 Å². The highest BCUT2D eigenvalue weighted by Crippen LogP contribution is 2.19. The van der Waals surface area contributed by atoms with Gasteiger partial charge in [-0.05, 0) is 43.0 Å². The smallest absolute Gasteiger partial charge is 0.240 e. The molecule has 0 spiro atoms. The van der Waals surface area contributed by atoms with Crippen molar-refractivity contribution in [3.05, 3.63) is 33.8 Å². The summed E-state index contributed by atoms with van der Waals surface area (Å²) in [6, 6.07) is 6.02. The van der Waals surface area contributed by atoms with Crippen LogP contribution < -0.4 is 11.1 Å². The van der Waals surface area contributed by atoms with E-state index >= 15 is 0 Å². The molecule has 112 valence electrons. The second kappa shape index (κ2) is 7.41. The standard InChI is InChI=1S/C14H19BrN2O2.ClH/c1-10-8-12(15)3-2-11(10)9-17-13(18)14(16)4-6-19-7-5-14;/h2-3,8H,4-7,9,16H2,1H3,(H,17,18);1H. The first-order valence-electron chi connectivity index (χ1n) is 6.41. The van der Waals surface area contributed by atoms with Gasteiger partial charge in [0, 0.05) is 24.2 Å². The van der Waals surface area contributed by atoms with Crippen molar-refractivity contribution < 1.29 is 9.53 Å². The molecule has 1 aromatic rings. The van der Waals surface area contributed by atoms with Gasteiger partial charge in [-0.2, -0.15) is 0 Å². The fourth-order valence-electron chi connectivity index (χ4n) is 2.17. The molecule has 1 aliphatic rings. The molecule has 1 heterocycles. The largest absolute Gasteiger partial charge is 0.381 e. The molecule has 1 amide bonds. The molecule has 1 aromatic carbocycles. The van der Waals surface area contributed by atoms with Crippen LogP contribution in [0.3, 0.4) is 0 Å². The Balaban J connectivity index is 0.00000200. The Hall–Kier alpha value is -0.620. The van der Waals surface area contributed by atoms with Crippen molar-refractivity contribution in [1.29, 1.82) is 0 Å². The van der Waals surface area contributed by atoms with Crippen molar-refractivity contribution in [3.63, 3.8) is 0 Å². The number of ether oxygens (including phenoxy) is 1. The minimum Gasteiger partial charge on any atom is -0.381 e. The van der Waals surface area contributed by atoms with Crippen molar-refractivity contribution in [2.24, 2.45) is 5.73 Å². The number of amides is 1. The van der Waals surface area contributed by atoms with Crippen LogP contribution in [-0.4, -0.2) is 24.7 Å². The quantitative estimate of drug-likeness (QED) is 0.866. The maximum atomic E-state index is 12.2. The summed E-state index contributed by atoms with van der Waals surface area (Å²) in [7, 11) is 0. The molecule has 2 rings (SSSR count). The predicted octanol–water partition coefficient (Wildman–Crippen LogP) is 2.30. The van der Waals surface area contributed by atoms with E-state index in [2.05, 4.69) is 21.2 Å². The zero-order chi connectivity index (χ0) is 13.9. The third-order valence-corrected chi connectivity index (χ3v) is 4.07. The summed E-state index contributed by atoms with van der Waals surface area (Å²) in [6.07, 6.45) is 1.16. The van der Waals surface area contributed by atoms with Gasteiger partial charge in [0.25, 0.3) is 0 Å². The second-order valence-electron chi connectivity index (χ2n) is 5.02. The Morgan fingerprint density at radius 3 is 2.70 bits per heavy atom. The summed E-state index contributed by atoms with van der Waals surface area (Å²) in [5.74, 6) is -0.0851. The summed E-state index contributed by atoms with van der Waals surface area (Å²) >= 11 is 3.43. The van der Waals surface area contributed by atoms with Crippen LogP contribution in [0.2, 0.25) is 0 Å². The van der Waals surface area contributed by atoms with E-state index in [1.807, 2.05) is 25.1 Å². The fraction of sp³-hybridized carbons (Fsp3) is 0.500. The Labute approximate surface area is 134 Å². The molecule has 1 saturated heterocycles. The lowest BCUT2D eigenvalue weighted by molar-refractivity contribution is -0.129. The lowest BCUT2D eigenvalue weighted by atomic mass is 9.90. The van der Waals surface area contributed by atoms with Gasteiger partial charge < -0.3 is 15.8 Å². The Kier molecular flexibility index (Phi) is 6.45. The molecule has 0 radical (unpaired) electrons. The SMILES string of the molecule is Cc1cc(Br)ccc1CNC(=O)C1(N)CCOCC1.Cl. The monoisotopic (exact) mass is 362 g/mol. The van der Waals surface area contributed by atoms with Crippen molar-refractivity contribution in [3.8, 4) is 0 Å². The Morgan fingerprint density at radius 2 is 2.10 bits per heavy atom. The van der Waals surface area contributed by atoms with E-state index in [1.165, 1.54) is 0 Å². The number of rotatable bonds is 3.